The summed E-state index contributed by atoms with van der Waals surface area (Å²) in [5, 5.41) is 4.55. The molecule has 0 saturated heterocycles. The Bertz CT molecular complexity index is 535. The molecule has 1 aromatic carbocycles. The van der Waals surface area contributed by atoms with Gasteiger partial charge >= 0.3 is 0 Å². The second-order valence-electron chi connectivity index (χ2n) is 4.26. The highest BCUT2D eigenvalue weighted by molar-refractivity contribution is 6.31. The van der Waals surface area contributed by atoms with Crippen LogP contribution in [0.3, 0.4) is 0 Å². The summed E-state index contributed by atoms with van der Waals surface area (Å²) in [7, 11) is 0. The zero-order valence-corrected chi connectivity index (χ0v) is 11.4. The average Bonchev–Trinajstić information content (AvgIpc) is 2.85. The highest BCUT2D eigenvalue weighted by Gasteiger charge is 2.18. The van der Waals surface area contributed by atoms with E-state index in [1.165, 1.54) is 6.07 Å². The van der Waals surface area contributed by atoms with E-state index in [9.17, 15) is 4.39 Å². The minimum atomic E-state index is -0.386. The largest absolute Gasteiger partial charge is 0.273 e. The molecule has 0 aliphatic carbocycles. The van der Waals surface area contributed by atoms with Crippen molar-refractivity contribution in [1.82, 2.24) is 15.2 Å². The number of rotatable bonds is 5. The molecule has 0 amide bonds. The van der Waals surface area contributed by atoms with E-state index in [0.717, 1.165) is 12.1 Å². The average molecular weight is 283 g/mol. The Kier molecular flexibility index (Phi) is 4.52. The molecule has 2 rings (SSSR count). The summed E-state index contributed by atoms with van der Waals surface area (Å²) < 4.78 is 15.7. The van der Waals surface area contributed by atoms with Crippen LogP contribution in [0, 0.1) is 5.82 Å². The van der Waals surface area contributed by atoms with Crippen molar-refractivity contribution in [3.63, 3.8) is 0 Å². The van der Waals surface area contributed by atoms with Crippen molar-refractivity contribution in [3.8, 4) is 0 Å². The molecule has 4 nitrogen and oxygen atoms in total. The first-order chi connectivity index (χ1) is 9.15. The third kappa shape index (κ3) is 3.12. The summed E-state index contributed by atoms with van der Waals surface area (Å²) in [6, 6.07) is 4.22. The predicted molar refractivity (Wildman–Crippen MR) is 73.1 cm³/mol. The lowest BCUT2D eigenvalue weighted by Crippen LogP contribution is -2.30. The van der Waals surface area contributed by atoms with Gasteiger partial charge in [-0.1, -0.05) is 17.7 Å². The van der Waals surface area contributed by atoms with Gasteiger partial charge in [0.2, 0.25) is 0 Å². The second-order valence-corrected chi connectivity index (χ2v) is 4.67. The number of benzene rings is 1. The highest BCUT2D eigenvalue weighted by atomic mass is 35.5. The van der Waals surface area contributed by atoms with Gasteiger partial charge in [0, 0.05) is 23.3 Å². The van der Waals surface area contributed by atoms with Crippen molar-refractivity contribution < 1.29 is 4.39 Å². The van der Waals surface area contributed by atoms with Crippen LogP contribution in [0.5, 0.6) is 0 Å². The minimum absolute atomic E-state index is 0.363. The van der Waals surface area contributed by atoms with Crippen molar-refractivity contribution >= 4 is 11.6 Å². The van der Waals surface area contributed by atoms with Crippen LogP contribution in [-0.2, 0) is 13.0 Å². The summed E-state index contributed by atoms with van der Waals surface area (Å²) in [5.41, 5.74) is 3.98. The number of halogens is 2. The van der Waals surface area contributed by atoms with Crippen LogP contribution in [0.15, 0.2) is 30.6 Å². The molecule has 6 heteroatoms. The van der Waals surface area contributed by atoms with Crippen molar-refractivity contribution in [2.45, 2.75) is 25.9 Å². The maximum Gasteiger partial charge on any atom is 0.129 e. The zero-order valence-electron chi connectivity index (χ0n) is 10.6. The standard InChI is InChI=1S/C13H16ClFN4/c1-2-19-8-9(7-17-19)6-12(18-16)13-10(14)4-3-5-11(13)15/h3-5,7-8,12,18H,2,6,16H2,1H3. The number of nitrogens with two attached hydrogens (primary N) is 1. The van der Waals surface area contributed by atoms with E-state index in [2.05, 4.69) is 10.5 Å². The predicted octanol–water partition coefficient (Wildman–Crippen LogP) is 2.44. The smallest absolute Gasteiger partial charge is 0.129 e. The first kappa shape index (κ1) is 14.0. The van der Waals surface area contributed by atoms with Crippen LogP contribution in [-0.4, -0.2) is 9.78 Å². The van der Waals surface area contributed by atoms with Gasteiger partial charge in [0.25, 0.3) is 0 Å². The molecule has 0 radical (unpaired) electrons. The lowest BCUT2D eigenvalue weighted by Gasteiger charge is -2.17. The van der Waals surface area contributed by atoms with Gasteiger partial charge in [-0.25, -0.2) is 4.39 Å². The molecule has 19 heavy (non-hydrogen) atoms. The molecular formula is C13H16ClFN4. The second kappa shape index (κ2) is 6.14. The number of hydrogen-bond acceptors (Lipinski definition) is 3. The summed E-state index contributed by atoms with van der Waals surface area (Å²) >= 11 is 6.05. The van der Waals surface area contributed by atoms with E-state index >= 15 is 0 Å². The Morgan fingerprint density at radius 1 is 1.53 bits per heavy atom. The van der Waals surface area contributed by atoms with Gasteiger partial charge in [-0.3, -0.25) is 16.0 Å². The minimum Gasteiger partial charge on any atom is -0.273 e. The van der Waals surface area contributed by atoms with Crippen molar-refractivity contribution in [1.29, 1.82) is 0 Å². The number of nitrogens with zero attached hydrogens (tertiary/aromatic N) is 2. The molecular weight excluding hydrogens is 267 g/mol. The fourth-order valence-corrected chi connectivity index (χ4v) is 2.30. The molecule has 2 aromatic rings. The van der Waals surface area contributed by atoms with Crippen LogP contribution in [0.4, 0.5) is 4.39 Å². The molecule has 0 spiro atoms. The Labute approximate surface area is 116 Å². The van der Waals surface area contributed by atoms with Crippen LogP contribution < -0.4 is 11.3 Å². The van der Waals surface area contributed by atoms with Gasteiger partial charge in [-0.15, -0.1) is 0 Å². The van der Waals surface area contributed by atoms with Gasteiger partial charge in [-0.05, 0) is 31.0 Å². The summed E-state index contributed by atoms with van der Waals surface area (Å²) in [5.74, 6) is 5.16. The van der Waals surface area contributed by atoms with Crippen molar-refractivity contribution in [3.05, 3.63) is 52.6 Å². The topological polar surface area (TPSA) is 55.9 Å². The van der Waals surface area contributed by atoms with Crippen LogP contribution >= 0.6 is 11.6 Å². The normalized spacial score (nSPS) is 12.6. The van der Waals surface area contributed by atoms with Gasteiger partial charge in [0.1, 0.15) is 5.82 Å². The molecule has 0 bridgehead atoms. The first-order valence-corrected chi connectivity index (χ1v) is 6.44. The monoisotopic (exact) mass is 282 g/mol. The van der Waals surface area contributed by atoms with Crippen LogP contribution in [0.25, 0.3) is 0 Å². The third-order valence-corrected chi connectivity index (χ3v) is 3.33. The number of hydrogen-bond donors (Lipinski definition) is 2. The summed E-state index contributed by atoms with van der Waals surface area (Å²) in [4.78, 5) is 0. The molecule has 3 N–H and O–H groups in total. The molecule has 1 atom stereocenters. The Hall–Kier alpha value is -1.43. The molecule has 1 unspecified atom stereocenters. The van der Waals surface area contributed by atoms with Gasteiger partial charge in [-0.2, -0.15) is 5.10 Å². The molecule has 1 aromatic heterocycles. The zero-order chi connectivity index (χ0) is 13.8. The van der Waals surface area contributed by atoms with Crippen LogP contribution in [0.2, 0.25) is 5.02 Å². The molecule has 0 aliphatic heterocycles. The van der Waals surface area contributed by atoms with Gasteiger partial charge < -0.3 is 0 Å². The Morgan fingerprint density at radius 3 is 2.89 bits per heavy atom. The fraction of sp³-hybridized carbons (Fsp3) is 0.308. The first-order valence-electron chi connectivity index (χ1n) is 6.07. The summed E-state index contributed by atoms with van der Waals surface area (Å²) in [6.45, 7) is 2.80. The third-order valence-electron chi connectivity index (χ3n) is 3.00. The van der Waals surface area contributed by atoms with E-state index < -0.39 is 0 Å². The maximum atomic E-state index is 13.9. The van der Waals surface area contributed by atoms with E-state index in [4.69, 9.17) is 17.4 Å². The quantitative estimate of drug-likeness (QED) is 0.654. The number of aromatic nitrogens is 2. The van der Waals surface area contributed by atoms with E-state index in [1.54, 1.807) is 18.3 Å². The highest BCUT2D eigenvalue weighted by Crippen LogP contribution is 2.27. The fourth-order valence-electron chi connectivity index (χ4n) is 2.01. The Morgan fingerprint density at radius 2 is 2.32 bits per heavy atom. The molecule has 0 aliphatic rings. The SMILES string of the molecule is CCn1cc(CC(NN)c2c(F)cccc2Cl)cn1. The van der Waals surface area contributed by atoms with Gasteiger partial charge in [0.15, 0.2) is 0 Å². The lowest BCUT2D eigenvalue weighted by atomic mass is 10.0. The van der Waals surface area contributed by atoms with Crippen molar-refractivity contribution in [2.24, 2.45) is 5.84 Å². The number of aryl methyl sites for hydroxylation is 1. The summed E-state index contributed by atoms with van der Waals surface area (Å²) in [6.07, 6.45) is 4.19. The molecule has 1 heterocycles. The lowest BCUT2D eigenvalue weighted by molar-refractivity contribution is 0.510. The number of nitrogens with one attached hydrogen (secondary N) is 1. The molecule has 102 valence electrons. The maximum absolute atomic E-state index is 13.9. The van der Waals surface area contributed by atoms with E-state index in [-0.39, 0.29) is 11.9 Å². The van der Waals surface area contributed by atoms with E-state index in [1.807, 2.05) is 17.8 Å². The molecule has 0 saturated carbocycles. The van der Waals surface area contributed by atoms with Gasteiger partial charge in [0.05, 0.1) is 12.2 Å². The number of hydrazine groups is 1. The van der Waals surface area contributed by atoms with E-state index in [0.29, 0.717) is 17.0 Å². The van der Waals surface area contributed by atoms with Crippen LogP contribution in [0.1, 0.15) is 24.1 Å². The van der Waals surface area contributed by atoms with Crippen molar-refractivity contribution in [2.75, 3.05) is 0 Å². The molecule has 0 fully saturated rings. The Balaban J connectivity index is 2.25.